The fourth-order valence-electron chi connectivity index (χ4n) is 2.37. The molecule has 0 aromatic heterocycles. The first-order valence-electron chi connectivity index (χ1n) is 6.91. The van der Waals surface area contributed by atoms with Crippen LogP contribution in [0.25, 0.3) is 0 Å². The van der Waals surface area contributed by atoms with E-state index in [9.17, 15) is 9.59 Å². The van der Waals surface area contributed by atoms with Crippen LogP contribution in [-0.2, 0) is 16.0 Å². The predicted octanol–water partition coefficient (Wildman–Crippen LogP) is 3.00. The highest BCUT2D eigenvalue weighted by molar-refractivity contribution is 5.91. The highest BCUT2D eigenvalue weighted by atomic mass is 16.4. The Labute approximate surface area is 118 Å². The Morgan fingerprint density at radius 3 is 2.90 bits per heavy atom. The average Bonchev–Trinajstić information content (AvgIpc) is 2.89. The molecule has 1 atom stereocenters. The number of anilines is 1. The summed E-state index contributed by atoms with van der Waals surface area (Å²) in [6.07, 6.45) is 7.41. The molecule has 0 spiro atoms. The van der Waals surface area contributed by atoms with Gasteiger partial charge in [0.2, 0.25) is 5.91 Å². The normalized spacial score (nSPS) is 17.1. The molecule has 1 aromatic rings. The van der Waals surface area contributed by atoms with Gasteiger partial charge < -0.3 is 10.4 Å². The van der Waals surface area contributed by atoms with Crippen LogP contribution in [0.2, 0.25) is 0 Å². The number of benzene rings is 1. The van der Waals surface area contributed by atoms with Crippen LogP contribution < -0.4 is 5.32 Å². The molecule has 4 nitrogen and oxygen atoms in total. The van der Waals surface area contributed by atoms with Gasteiger partial charge in [-0.1, -0.05) is 24.3 Å². The van der Waals surface area contributed by atoms with E-state index in [1.165, 1.54) is 0 Å². The number of aryl methyl sites for hydroxylation is 1. The van der Waals surface area contributed by atoms with Crippen LogP contribution in [0.15, 0.2) is 36.4 Å². The minimum Gasteiger partial charge on any atom is -0.481 e. The third kappa shape index (κ3) is 4.53. The van der Waals surface area contributed by atoms with E-state index >= 15 is 0 Å². The third-order valence-electron chi connectivity index (χ3n) is 3.40. The second kappa shape index (κ2) is 6.89. The molecule has 0 aliphatic heterocycles. The van der Waals surface area contributed by atoms with Gasteiger partial charge in [-0.05, 0) is 42.9 Å². The molecule has 0 saturated heterocycles. The highest BCUT2D eigenvalue weighted by Gasteiger charge is 2.14. The van der Waals surface area contributed by atoms with Gasteiger partial charge >= 0.3 is 5.97 Å². The smallest absolute Gasteiger partial charge is 0.303 e. The first-order chi connectivity index (χ1) is 9.63. The molecule has 2 rings (SSSR count). The van der Waals surface area contributed by atoms with Crippen molar-refractivity contribution in [2.75, 3.05) is 5.32 Å². The van der Waals surface area contributed by atoms with Crippen molar-refractivity contribution in [2.45, 2.75) is 32.1 Å². The van der Waals surface area contributed by atoms with Crippen molar-refractivity contribution in [2.24, 2.45) is 5.92 Å². The molecular weight excluding hydrogens is 254 g/mol. The standard InChI is InChI=1S/C16H19NO3/c18-15(11-12-4-1-2-5-12)17-14-7-3-6-13(10-14)8-9-16(19)20/h1,3-4,6-7,10,12H,2,5,8-9,11H2,(H,17,18)(H,19,20). The molecule has 1 aliphatic carbocycles. The minimum absolute atomic E-state index is 0.0111. The van der Waals surface area contributed by atoms with Crippen molar-refractivity contribution < 1.29 is 14.7 Å². The van der Waals surface area contributed by atoms with Crippen LogP contribution in [0, 0.1) is 5.92 Å². The van der Waals surface area contributed by atoms with Crippen molar-refractivity contribution in [1.29, 1.82) is 0 Å². The van der Waals surface area contributed by atoms with E-state index in [1.54, 1.807) is 0 Å². The van der Waals surface area contributed by atoms with E-state index in [0.717, 1.165) is 24.1 Å². The lowest BCUT2D eigenvalue weighted by Crippen LogP contribution is -2.14. The Hall–Kier alpha value is -2.10. The Kier molecular flexibility index (Phi) is 4.93. The Morgan fingerprint density at radius 2 is 2.20 bits per heavy atom. The van der Waals surface area contributed by atoms with Crippen molar-refractivity contribution in [3.8, 4) is 0 Å². The van der Waals surface area contributed by atoms with Gasteiger partial charge in [0.15, 0.2) is 0 Å². The number of nitrogens with one attached hydrogen (secondary N) is 1. The summed E-state index contributed by atoms with van der Waals surface area (Å²) >= 11 is 0. The molecule has 0 fully saturated rings. The number of carboxylic acids is 1. The topological polar surface area (TPSA) is 66.4 Å². The molecule has 1 unspecified atom stereocenters. The zero-order chi connectivity index (χ0) is 14.4. The first-order valence-corrected chi connectivity index (χ1v) is 6.91. The molecule has 1 aliphatic rings. The van der Waals surface area contributed by atoms with Crippen LogP contribution >= 0.6 is 0 Å². The van der Waals surface area contributed by atoms with Gasteiger partial charge in [0.05, 0.1) is 0 Å². The second-order valence-electron chi connectivity index (χ2n) is 5.11. The van der Waals surface area contributed by atoms with Crippen LogP contribution in [-0.4, -0.2) is 17.0 Å². The molecule has 106 valence electrons. The molecular formula is C16H19NO3. The fraction of sp³-hybridized carbons (Fsp3) is 0.375. The zero-order valence-electron chi connectivity index (χ0n) is 11.3. The van der Waals surface area contributed by atoms with Gasteiger partial charge in [0, 0.05) is 18.5 Å². The Morgan fingerprint density at radius 1 is 1.35 bits per heavy atom. The molecule has 20 heavy (non-hydrogen) atoms. The second-order valence-corrected chi connectivity index (χ2v) is 5.11. The summed E-state index contributed by atoms with van der Waals surface area (Å²) in [5.74, 6) is -0.449. The monoisotopic (exact) mass is 273 g/mol. The van der Waals surface area contributed by atoms with Crippen LogP contribution in [0.1, 0.15) is 31.2 Å². The summed E-state index contributed by atoms with van der Waals surface area (Å²) in [5, 5.41) is 11.5. The van der Waals surface area contributed by atoms with Crippen LogP contribution in [0.4, 0.5) is 5.69 Å². The number of hydrogen-bond acceptors (Lipinski definition) is 2. The summed E-state index contributed by atoms with van der Waals surface area (Å²) in [5.41, 5.74) is 1.66. The molecule has 4 heteroatoms. The third-order valence-corrected chi connectivity index (χ3v) is 3.40. The van der Waals surface area contributed by atoms with Gasteiger partial charge in [0.1, 0.15) is 0 Å². The number of amides is 1. The van der Waals surface area contributed by atoms with Crippen molar-refractivity contribution in [3.05, 3.63) is 42.0 Å². The van der Waals surface area contributed by atoms with Crippen molar-refractivity contribution in [1.82, 2.24) is 0 Å². The quantitative estimate of drug-likeness (QED) is 0.783. The summed E-state index contributed by atoms with van der Waals surface area (Å²) in [6.45, 7) is 0. The molecule has 1 aromatic carbocycles. The minimum atomic E-state index is -0.813. The summed E-state index contributed by atoms with van der Waals surface area (Å²) in [4.78, 5) is 22.5. The zero-order valence-corrected chi connectivity index (χ0v) is 11.3. The fourth-order valence-corrected chi connectivity index (χ4v) is 2.37. The van der Waals surface area contributed by atoms with E-state index in [2.05, 4.69) is 17.5 Å². The maximum Gasteiger partial charge on any atom is 0.303 e. The van der Waals surface area contributed by atoms with Crippen molar-refractivity contribution in [3.63, 3.8) is 0 Å². The van der Waals surface area contributed by atoms with Gasteiger partial charge in [-0.15, -0.1) is 0 Å². The van der Waals surface area contributed by atoms with E-state index < -0.39 is 5.97 Å². The van der Waals surface area contributed by atoms with Gasteiger partial charge in [-0.2, -0.15) is 0 Å². The number of carboxylic acid groups (broad SMARTS) is 1. The number of allylic oxidation sites excluding steroid dienone is 2. The van der Waals surface area contributed by atoms with E-state index in [0.29, 0.717) is 18.8 Å². The molecule has 2 N–H and O–H groups in total. The number of rotatable bonds is 6. The number of carbonyl (C=O) groups excluding carboxylic acids is 1. The van der Waals surface area contributed by atoms with Gasteiger partial charge in [-0.3, -0.25) is 9.59 Å². The maximum atomic E-state index is 11.9. The maximum absolute atomic E-state index is 11.9. The van der Waals surface area contributed by atoms with Gasteiger partial charge in [0.25, 0.3) is 0 Å². The molecule has 0 bridgehead atoms. The van der Waals surface area contributed by atoms with E-state index in [-0.39, 0.29) is 12.3 Å². The summed E-state index contributed by atoms with van der Waals surface area (Å²) in [6, 6.07) is 7.37. The average molecular weight is 273 g/mol. The lowest BCUT2D eigenvalue weighted by atomic mass is 10.0. The molecule has 0 heterocycles. The Bertz CT molecular complexity index is 522. The van der Waals surface area contributed by atoms with E-state index in [4.69, 9.17) is 5.11 Å². The van der Waals surface area contributed by atoms with Gasteiger partial charge in [-0.25, -0.2) is 0 Å². The number of hydrogen-bond donors (Lipinski definition) is 2. The number of carbonyl (C=O) groups is 2. The summed E-state index contributed by atoms with van der Waals surface area (Å²) in [7, 11) is 0. The first kappa shape index (κ1) is 14.3. The van der Waals surface area contributed by atoms with E-state index in [1.807, 2.05) is 24.3 Å². The SMILES string of the molecule is O=C(O)CCc1cccc(NC(=O)CC2C=CCC2)c1. The lowest BCUT2D eigenvalue weighted by molar-refractivity contribution is -0.137. The molecule has 1 amide bonds. The largest absolute Gasteiger partial charge is 0.481 e. The molecule has 0 saturated carbocycles. The highest BCUT2D eigenvalue weighted by Crippen LogP contribution is 2.21. The lowest BCUT2D eigenvalue weighted by Gasteiger charge is -2.09. The Balaban J connectivity index is 1.88. The van der Waals surface area contributed by atoms with Crippen LogP contribution in [0.3, 0.4) is 0 Å². The predicted molar refractivity (Wildman–Crippen MR) is 77.5 cm³/mol. The van der Waals surface area contributed by atoms with Crippen LogP contribution in [0.5, 0.6) is 0 Å². The van der Waals surface area contributed by atoms with Crippen molar-refractivity contribution >= 4 is 17.6 Å². The summed E-state index contributed by atoms with van der Waals surface area (Å²) < 4.78 is 0. The number of aliphatic carboxylic acids is 1. The molecule has 0 radical (unpaired) electrons.